The minimum Gasteiger partial charge on any atom is -0.506 e. The summed E-state index contributed by atoms with van der Waals surface area (Å²) in [7, 11) is 0. The van der Waals surface area contributed by atoms with E-state index < -0.39 is 23.4 Å². The normalized spacial score (nSPS) is 11.5. The number of carbonyl (C=O) groups is 1. The van der Waals surface area contributed by atoms with Crippen molar-refractivity contribution < 1.29 is 23.1 Å². The minimum atomic E-state index is -4.61. The van der Waals surface area contributed by atoms with Gasteiger partial charge in [0.05, 0.1) is 11.3 Å². The van der Waals surface area contributed by atoms with Gasteiger partial charge in [-0.25, -0.2) is 0 Å². The SMILES string of the molecule is O=C(Nc1cc(C(F)(F)F)ccc1O)c1cccc2[nH]c(=O)ccc12. The van der Waals surface area contributed by atoms with Gasteiger partial charge in [-0.05, 0) is 36.4 Å². The van der Waals surface area contributed by atoms with E-state index in [0.29, 0.717) is 23.0 Å². The van der Waals surface area contributed by atoms with Crippen LogP contribution in [0.15, 0.2) is 53.3 Å². The highest BCUT2D eigenvalue weighted by molar-refractivity contribution is 6.12. The second-order valence-electron chi connectivity index (χ2n) is 5.27. The van der Waals surface area contributed by atoms with Crippen LogP contribution >= 0.6 is 0 Å². The van der Waals surface area contributed by atoms with Crippen molar-refractivity contribution >= 4 is 22.5 Å². The summed E-state index contributed by atoms with van der Waals surface area (Å²) < 4.78 is 38.3. The summed E-state index contributed by atoms with van der Waals surface area (Å²) in [6.07, 6.45) is -4.61. The molecule has 3 aromatic rings. The molecule has 3 N–H and O–H groups in total. The molecule has 0 saturated carbocycles. The fraction of sp³-hybridized carbons (Fsp3) is 0.0588. The van der Waals surface area contributed by atoms with Crippen molar-refractivity contribution in [1.82, 2.24) is 4.98 Å². The van der Waals surface area contributed by atoms with Crippen LogP contribution in [0, 0.1) is 0 Å². The molecule has 1 heterocycles. The minimum absolute atomic E-state index is 0.144. The van der Waals surface area contributed by atoms with Gasteiger partial charge in [0.2, 0.25) is 5.56 Å². The van der Waals surface area contributed by atoms with Gasteiger partial charge < -0.3 is 15.4 Å². The van der Waals surface area contributed by atoms with E-state index in [4.69, 9.17) is 0 Å². The number of aromatic amines is 1. The molecule has 0 saturated heterocycles. The summed E-state index contributed by atoms with van der Waals surface area (Å²) in [6, 6.07) is 9.48. The van der Waals surface area contributed by atoms with Crippen molar-refractivity contribution in [3.63, 3.8) is 0 Å². The van der Waals surface area contributed by atoms with E-state index in [1.165, 1.54) is 24.3 Å². The fourth-order valence-corrected chi connectivity index (χ4v) is 2.39. The van der Waals surface area contributed by atoms with Gasteiger partial charge in [0.1, 0.15) is 5.75 Å². The smallest absolute Gasteiger partial charge is 0.416 e. The van der Waals surface area contributed by atoms with E-state index >= 15 is 0 Å². The molecule has 0 bridgehead atoms. The molecule has 1 aromatic heterocycles. The lowest BCUT2D eigenvalue weighted by Crippen LogP contribution is -2.14. The first-order chi connectivity index (χ1) is 11.8. The summed E-state index contributed by atoms with van der Waals surface area (Å²) in [5.41, 5.74) is -1.15. The number of fused-ring (bicyclic) bond motifs is 1. The fourth-order valence-electron chi connectivity index (χ4n) is 2.39. The molecular formula is C17H11F3N2O3. The van der Waals surface area contributed by atoms with Crippen molar-refractivity contribution in [2.45, 2.75) is 6.18 Å². The lowest BCUT2D eigenvalue weighted by atomic mass is 10.1. The third-order valence-electron chi connectivity index (χ3n) is 3.58. The van der Waals surface area contributed by atoms with E-state index in [2.05, 4.69) is 10.3 Å². The molecule has 8 heteroatoms. The zero-order valence-corrected chi connectivity index (χ0v) is 12.5. The Balaban J connectivity index is 2.00. The zero-order chi connectivity index (χ0) is 18.2. The van der Waals surface area contributed by atoms with E-state index in [1.54, 1.807) is 6.07 Å². The molecule has 0 unspecified atom stereocenters. The zero-order valence-electron chi connectivity index (χ0n) is 12.5. The molecule has 0 radical (unpaired) electrons. The van der Waals surface area contributed by atoms with E-state index in [1.807, 2.05) is 0 Å². The highest BCUT2D eigenvalue weighted by Gasteiger charge is 2.31. The molecule has 0 fully saturated rings. The van der Waals surface area contributed by atoms with Gasteiger partial charge in [-0.1, -0.05) is 6.07 Å². The van der Waals surface area contributed by atoms with Crippen LogP contribution in [0.3, 0.4) is 0 Å². The number of rotatable bonds is 2. The number of amides is 1. The van der Waals surface area contributed by atoms with Crippen LogP contribution in [0.25, 0.3) is 10.9 Å². The Morgan fingerprint density at radius 3 is 2.56 bits per heavy atom. The van der Waals surface area contributed by atoms with E-state index in [9.17, 15) is 27.9 Å². The number of carbonyl (C=O) groups excluding carboxylic acids is 1. The van der Waals surface area contributed by atoms with Gasteiger partial charge in [-0.3, -0.25) is 9.59 Å². The maximum Gasteiger partial charge on any atom is 0.416 e. The van der Waals surface area contributed by atoms with Crippen molar-refractivity contribution in [3.05, 3.63) is 70.0 Å². The molecule has 0 atom stereocenters. The summed E-state index contributed by atoms with van der Waals surface area (Å²) in [5, 5.41) is 12.4. The molecule has 0 spiro atoms. The average molecular weight is 348 g/mol. The Morgan fingerprint density at radius 1 is 1.08 bits per heavy atom. The molecule has 25 heavy (non-hydrogen) atoms. The van der Waals surface area contributed by atoms with Crippen LogP contribution in [-0.4, -0.2) is 16.0 Å². The van der Waals surface area contributed by atoms with E-state index in [-0.39, 0.29) is 16.8 Å². The number of anilines is 1. The third kappa shape index (κ3) is 3.32. The second-order valence-corrected chi connectivity index (χ2v) is 5.27. The first-order valence-electron chi connectivity index (χ1n) is 7.09. The predicted octanol–water partition coefficient (Wildman–Crippen LogP) is 3.50. The number of phenols is 1. The van der Waals surface area contributed by atoms with Gasteiger partial charge in [0.25, 0.3) is 5.91 Å². The molecule has 0 aliphatic carbocycles. The predicted molar refractivity (Wildman–Crippen MR) is 85.6 cm³/mol. The lowest BCUT2D eigenvalue weighted by molar-refractivity contribution is -0.137. The van der Waals surface area contributed by atoms with Crippen molar-refractivity contribution in [2.75, 3.05) is 5.32 Å². The van der Waals surface area contributed by atoms with E-state index in [0.717, 1.165) is 6.07 Å². The molecule has 3 rings (SSSR count). The maximum absolute atomic E-state index is 12.8. The number of hydrogen-bond donors (Lipinski definition) is 3. The summed E-state index contributed by atoms with van der Waals surface area (Å²) in [4.78, 5) is 26.3. The van der Waals surface area contributed by atoms with Gasteiger partial charge >= 0.3 is 6.18 Å². The Kier molecular flexibility index (Phi) is 3.96. The first kappa shape index (κ1) is 16.6. The number of phenolic OH excluding ortho intramolecular Hbond substituents is 1. The number of hydrogen-bond acceptors (Lipinski definition) is 3. The van der Waals surface area contributed by atoms with Gasteiger partial charge in [0, 0.05) is 22.5 Å². The van der Waals surface area contributed by atoms with Gasteiger partial charge in [-0.15, -0.1) is 0 Å². The summed E-state index contributed by atoms with van der Waals surface area (Å²) >= 11 is 0. The van der Waals surface area contributed by atoms with Crippen LogP contribution in [0.5, 0.6) is 5.75 Å². The van der Waals surface area contributed by atoms with Crippen molar-refractivity contribution in [3.8, 4) is 5.75 Å². The molecule has 0 aliphatic heterocycles. The summed E-state index contributed by atoms with van der Waals surface area (Å²) in [6.45, 7) is 0. The number of aromatic hydroxyl groups is 1. The summed E-state index contributed by atoms with van der Waals surface area (Å²) in [5.74, 6) is -1.21. The second kappa shape index (κ2) is 5.97. The van der Waals surface area contributed by atoms with Crippen molar-refractivity contribution in [2.24, 2.45) is 0 Å². The quantitative estimate of drug-likeness (QED) is 0.620. The molecule has 5 nitrogen and oxygen atoms in total. The Morgan fingerprint density at radius 2 is 1.84 bits per heavy atom. The maximum atomic E-state index is 12.8. The lowest BCUT2D eigenvalue weighted by Gasteiger charge is -2.12. The number of aromatic nitrogens is 1. The number of pyridine rings is 1. The van der Waals surface area contributed by atoms with Gasteiger partial charge in [-0.2, -0.15) is 13.2 Å². The first-order valence-corrected chi connectivity index (χ1v) is 7.09. The third-order valence-corrected chi connectivity index (χ3v) is 3.58. The van der Waals surface area contributed by atoms with Gasteiger partial charge in [0.15, 0.2) is 0 Å². The number of benzene rings is 2. The van der Waals surface area contributed by atoms with Crippen LogP contribution in [0.2, 0.25) is 0 Å². The Labute approximate surface area is 138 Å². The molecule has 1 amide bonds. The van der Waals surface area contributed by atoms with Crippen LogP contribution in [0.4, 0.5) is 18.9 Å². The molecule has 2 aromatic carbocycles. The molecule has 128 valence electrons. The highest BCUT2D eigenvalue weighted by Crippen LogP contribution is 2.34. The number of alkyl halides is 3. The molecular weight excluding hydrogens is 337 g/mol. The monoisotopic (exact) mass is 348 g/mol. The molecule has 0 aliphatic rings. The number of H-pyrrole nitrogens is 1. The Bertz CT molecular complexity index is 1030. The topological polar surface area (TPSA) is 82.2 Å². The van der Waals surface area contributed by atoms with Crippen LogP contribution in [0.1, 0.15) is 15.9 Å². The standard InChI is InChI=1S/C17H11F3N2O3/c18-17(19,20)9-4-6-14(23)13(8-9)22-16(25)11-2-1-3-12-10(11)5-7-15(24)21-12/h1-8,23H,(H,21,24)(H,22,25). The number of nitrogens with one attached hydrogen (secondary N) is 2. The highest BCUT2D eigenvalue weighted by atomic mass is 19.4. The number of halogens is 3. The largest absolute Gasteiger partial charge is 0.506 e. The van der Waals surface area contributed by atoms with Crippen LogP contribution < -0.4 is 10.9 Å². The van der Waals surface area contributed by atoms with Crippen molar-refractivity contribution in [1.29, 1.82) is 0 Å². The Hall–Kier alpha value is -3.29. The average Bonchev–Trinajstić information content (AvgIpc) is 2.54. The van der Waals surface area contributed by atoms with Crippen LogP contribution in [-0.2, 0) is 6.18 Å².